The summed E-state index contributed by atoms with van der Waals surface area (Å²) in [5.41, 5.74) is 0.917. The van der Waals surface area contributed by atoms with Crippen LogP contribution in [0.15, 0.2) is 28.7 Å². The number of halogens is 1. The first-order valence-electron chi connectivity index (χ1n) is 4.51. The molecule has 78 valence electrons. The lowest BCUT2D eigenvalue weighted by Crippen LogP contribution is -2.48. The Morgan fingerprint density at radius 2 is 2.00 bits per heavy atom. The predicted molar refractivity (Wildman–Crippen MR) is 58.2 cm³/mol. The van der Waals surface area contributed by atoms with Crippen molar-refractivity contribution in [3.05, 3.63) is 34.3 Å². The van der Waals surface area contributed by atoms with E-state index in [1.54, 1.807) is 0 Å². The van der Waals surface area contributed by atoms with Gasteiger partial charge in [-0.15, -0.1) is 0 Å². The highest BCUT2D eigenvalue weighted by molar-refractivity contribution is 9.10. The summed E-state index contributed by atoms with van der Waals surface area (Å²) in [7, 11) is 0. The Bertz CT molecular complexity index is 404. The van der Waals surface area contributed by atoms with Crippen LogP contribution in [0.5, 0.6) is 0 Å². The lowest BCUT2D eigenvalue weighted by molar-refractivity contribution is -0.121. The fraction of sp³-hybridized carbons (Fsp3) is 0.200. The third-order valence-electron chi connectivity index (χ3n) is 2.23. The van der Waals surface area contributed by atoms with Crippen molar-refractivity contribution in [2.75, 3.05) is 0 Å². The summed E-state index contributed by atoms with van der Waals surface area (Å²) in [6.07, 6.45) is 0.272. The molecule has 0 saturated carbocycles. The predicted octanol–water partition coefficient (Wildman–Crippen LogP) is 1.72. The molecule has 2 N–H and O–H groups in total. The molecule has 1 aromatic rings. The zero-order valence-electron chi connectivity index (χ0n) is 7.79. The molecule has 1 aliphatic rings. The second-order valence-electron chi connectivity index (χ2n) is 3.30. The summed E-state index contributed by atoms with van der Waals surface area (Å²) in [4.78, 5) is 22.3. The van der Waals surface area contributed by atoms with Crippen molar-refractivity contribution in [1.82, 2.24) is 10.6 Å². The summed E-state index contributed by atoms with van der Waals surface area (Å²) in [5, 5.41) is 4.90. The van der Waals surface area contributed by atoms with Crippen molar-refractivity contribution in [2.45, 2.75) is 12.5 Å². The Balaban J connectivity index is 2.27. The van der Waals surface area contributed by atoms with Gasteiger partial charge in [0.2, 0.25) is 5.91 Å². The molecule has 1 saturated heterocycles. The molecule has 4 nitrogen and oxygen atoms in total. The van der Waals surface area contributed by atoms with E-state index in [9.17, 15) is 9.59 Å². The van der Waals surface area contributed by atoms with Crippen LogP contribution in [0.2, 0.25) is 0 Å². The summed E-state index contributed by atoms with van der Waals surface area (Å²) >= 11 is 3.39. The number of nitrogens with one attached hydrogen (secondary N) is 2. The maximum absolute atomic E-state index is 11.2. The second-order valence-corrected chi connectivity index (χ2v) is 4.15. The lowest BCUT2D eigenvalue weighted by Gasteiger charge is -2.24. The molecule has 5 heteroatoms. The van der Waals surface area contributed by atoms with Crippen LogP contribution in [0, 0.1) is 0 Å². The topological polar surface area (TPSA) is 58.2 Å². The van der Waals surface area contributed by atoms with Crippen molar-refractivity contribution in [3.8, 4) is 0 Å². The highest BCUT2D eigenvalue weighted by Gasteiger charge is 2.25. The molecule has 1 unspecified atom stereocenters. The summed E-state index contributed by atoms with van der Waals surface area (Å²) in [5.74, 6) is -0.250. The van der Waals surface area contributed by atoms with Gasteiger partial charge in [-0.05, 0) is 11.6 Å². The molecule has 0 aromatic heterocycles. The zero-order valence-corrected chi connectivity index (χ0v) is 9.37. The Kier molecular flexibility index (Phi) is 2.73. The van der Waals surface area contributed by atoms with Gasteiger partial charge in [0.15, 0.2) is 0 Å². The first kappa shape index (κ1) is 10.2. The average molecular weight is 269 g/mol. The standard InChI is InChI=1S/C10H9BrN2O2/c11-7-4-2-1-3-6(7)8-5-9(14)13-10(15)12-8/h1-4,8H,5H2,(H2,12,13,14,15). The van der Waals surface area contributed by atoms with Gasteiger partial charge in [0.05, 0.1) is 12.5 Å². The van der Waals surface area contributed by atoms with E-state index in [1.807, 2.05) is 24.3 Å². The van der Waals surface area contributed by atoms with Crippen molar-refractivity contribution < 1.29 is 9.59 Å². The number of urea groups is 1. The Morgan fingerprint density at radius 3 is 2.67 bits per heavy atom. The van der Waals surface area contributed by atoms with E-state index in [-0.39, 0.29) is 18.4 Å². The van der Waals surface area contributed by atoms with E-state index in [2.05, 4.69) is 26.6 Å². The molecule has 0 spiro atoms. The first-order valence-corrected chi connectivity index (χ1v) is 5.31. The number of hydrogen-bond acceptors (Lipinski definition) is 2. The van der Waals surface area contributed by atoms with Crippen LogP contribution in [0.1, 0.15) is 18.0 Å². The molecule has 1 aromatic carbocycles. The molecular weight excluding hydrogens is 260 g/mol. The maximum atomic E-state index is 11.2. The Labute approximate surface area is 95.2 Å². The Morgan fingerprint density at radius 1 is 1.27 bits per heavy atom. The highest BCUT2D eigenvalue weighted by Crippen LogP contribution is 2.26. The monoisotopic (exact) mass is 268 g/mol. The number of rotatable bonds is 1. The van der Waals surface area contributed by atoms with Crippen molar-refractivity contribution in [2.24, 2.45) is 0 Å². The zero-order chi connectivity index (χ0) is 10.8. The highest BCUT2D eigenvalue weighted by atomic mass is 79.9. The molecule has 1 heterocycles. The van der Waals surface area contributed by atoms with Crippen molar-refractivity contribution in [3.63, 3.8) is 0 Å². The minimum atomic E-state index is -0.438. The fourth-order valence-electron chi connectivity index (χ4n) is 1.55. The summed E-state index contributed by atoms with van der Waals surface area (Å²) < 4.78 is 0.894. The van der Waals surface area contributed by atoms with Gasteiger partial charge in [0.1, 0.15) is 0 Å². The van der Waals surface area contributed by atoms with Crippen LogP contribution in [-0.4, -0.2) is 11.9 Å². The largest absolute Gasteiger partial charge is 0.330 e. The molecular formula is C10H9BrN2O2. The Hall–Kier alpha value is -1.36. The number of carbonyl (C=O) groups excluding carboxylic acids is 2. The number of benzene rings is 1. The van der Waals surface area contributed by atoms with Crippen molar-refractivity contribution >= 4 is 27.9 Å². The van der Waals surface area contributed by atoms with E-state index >= 15 is 0 Å². The maximum Gasteiger partial charge on any atom is 0.321 e. The lowest BCUT2D eigenvalue weighted by atomic mass is 10.0. The molecule has 3 amide bonds. The van der Waals surface area contributed by atoms with Gasteiger partial charge >= 0.3 is 6.03 Å². The number of imide groups is 1. The second kappa shape index (κ2) is 4.02. The molecule has 0 radical (unpaired) electrons. The van der Waals surface area contributed by atoms with Crippen LogP contribution in [0.4, 0.5) is 4.79 Å². The van der Waals surface area contributed by atoms with Gasteiger partial charge in [-0.25, -0.2) is 4.79 Å². The SMILES string of the molecule is O=C1CC(c2ccccc2Br)NC(=O)N1. The van der Waals surface area contributed by atoms with Gasteiger partial charge in [-0.2, -0.15) is 0 Å². The smallest absolute Gasteiger partial charge is 0.321 e. The molecule has 0 bridgehead atoms. The quantitative estimate of drug-likeness (QED) is 0.815. The van der Waals surface area contributed by atoms with Crippen LogP contribution in [0.25, 0.3) is 0 Å². The van der Waals surface area contributed by atoms with E-state index in [1.165, 1.54) is 0 Å². The van der Waals surface area contributed by atoms with E-state index < -0.39 is 6.03 Å². The molecule has 1 atom stereocenters. The van der Waals surface area contributed by atoms with Crippen LogP contribution in [0.3, 0.4) is 0 Å². The molecule has 2 rings (SSSR count). The average Bonchev–Trinajstić information content (AvgIpc) is 2.16. The number of amides is 3. The number of hydrogen-bond donors (Lipinski definition) is 2. The van der Waals surface area contributed by atoms with Gasteiger partial charge in [0.25, 0.3) is 0 Å². The molecule has 1 fully saturated rings. The third kappa shape index (κ3) is 2.18. The molecule has 1 aliphatic heterocycles. The molecule has 15 heavy (non-hydrogen) atoms. The van der Waals surface area contributed by atoms with E-state index in [4.69, 9.17) is 0 Å². The van der Waals surface area contributed by atoms with E-state index in [0.29, 0.717) is 0 Å². The van der Waals surface area contributed by atoms with Crippen LogP contribution < -0.4 is 10.6 Å². The van der Waals surface area contributed by atoms with Gasteiger partial charge in [-0.1, -0.05) is 34.1 Å². The van der Waals surface area contributed by atoms with Gasteiger partial charge in [0, 0.05) is 4.47 Å². The van der Waals surface area contributed by atoms with Gasteiger partial charge < -0.3 is 5.32 Å². The fourth-order valence-corrected chi connectivity index (χ4v) is 2.11. The van der Waals surface area contributed by atoms with Gasteiger partial charge in [-0.3, -0.25) is 10.1 Å². The summed E-state index contributed by atoms with van der Waals surface area (Å²) in [6.45, 7) is 0. The first-order chi connectivity index (χ1) is 7.16. The minimum Gasteiger partial charge on any atom is -0.330 e. The third-order valence-corrected chi connectivity index (χ3v) is 2.95. The normalized spacial score (nSPS) is 20.7. The van der Waals surface area contributed by atoms with E-state index in [0.717, 1.165) is 10.0 Å². The van der Waals surface area contributed by atoms with Crippen molar-refractivity contribution in [1.29, 1.82) is 0 Å². The van der Waals surface area contributed by atoms with Crippen LogP contribution in [-0.2, 0) is 4.79 Å². The number of carbonyl (C=O) groups is 2. The van der Waals surface area contributed by atoms with Crippen LogP contribution >= 0.6 is 15.9 Å². The minimum absolute atomic E-state index is 0.248. The molecule has 0 aliphatic carbocycles. The summed E-state index contributed by atoms with van der Waals surface area (Å²) in [6, 6.07) is 6.84.